The van der Waals surface area contributed by atoms with Gasteiger partial charge in [0.25, 0.3) is 0 Å². The number of benzene rings is 3. The van der Waals surface area contributed by atoms with Crippen LogP contribution in [0.4, 0.5) is 4.79 Å². The van der Waals surface area contributed by atoms with Crippen molar-refractivity contribution in [1.29, 1.82) is 0 Å². The lowest BCUT2D eigenvalue weighted by molar-refractivity contribution is -0.138. The molecule has 0 saturated carbocycles. The van der Waals surface area contributed by atoms with Gasteiger partial charge < -0.3 is 19.9 Å². The van der Waals surface area contributed by atoms with Gasteiger partial charge in [0, 0.05) is 31.3 Å². The zero-order chi connectivity index (χ0) is 25.7. The van der Waals surface area contributed by atoms with Gasteiger partial charge >= 0.3 is 12.1 Å². The van der Waals surface area contributed by atoms with Gasteiger partial charge in [-0.15, -0.1) is 11.3 Å². The fourth-order valence-corrected chi connectivity index (χ4v) is 4.82. The van der Waals surface area contributed by atoms with E-state index in [9.17, 15) is 19.5 Å². The summed E-state index contributed by atoms with van der Waals surface area (Å²) >= 11 is 1.62. The molecule has 184 valence electrons. The maximum absolute atomic E-state index is 13.5. The van der Waals surface area contributed by atoms with Crippen molar-refractivity contribution in [3.8, 4) is 0 Å². The molecule has 1 heterocycles. The summed E-state index contributed by atoms with van der Waals surface area (Å²) in [5.74, 6) is -1.16. The topological polar surface area (TPSA) is 102 Å². The normalized spacial score (nSPS) is 12.6. The quantitative estimate of drug-likeness (QED) is 0.145. The SMILES string of the molecule is C=C(C)C(=O)OCCNC(=O)OCC(O)(C(=O)c1ccccc1)c1ccc2sc3ccccc3c2c1. The standard InChI is InChI=1S/C28H25NO6S/c1-18(2)26(31)34-15-14-29-27(32)35-17-28(33,25(30)19-8-4-3-5-9-19)20-12-13-24-22(16-20)21-10-6-7-11-23(21)36-24/h3-13,16,33H,1,14-15,17H2,2H3,(H,29,32). The summed E-state index contributed by atoms with van der Waals surface area (Å²) in [5, 5.41) is 16.0. The van der Waals surface area contributed by atoms with Crippen LogP contribution in [0.15, 0.2) is 84.9 Å². The predicted octanol–water partition coefficient (Wildman–Crippen LogP) is 4.97. The molecule has 0 spiro atoms. The van der Waals surface area contributed by atoms with Gasteiger partial charge in [0.1, 0.15) is 13.2 Å². The van der Waals surface area contributed by atoms with E-state index in [0.717, 1.165) is 20.2 Å². The van der Waals surface area contributed by atoms with E-state index in [0.29, 0.717) is 5.56 Å². The first-order chi connectivity index (χ1) is 17.3. The molecule has 1 amide bonds. The molecule has 0 saturated heterocycles. The highest BCUT2D eigenvalue weighted by Gasteiger charge is 2.40. The Hall–Kier alpha value is -4.01. The number of nitrogens with one attached hydrogen (secondary N) is 1. The maximum atomic E-state index is 13.5. The third-order valence-corrected chi connectivity index (χ3v) is 6.78. The van der Waals surface area contributed by atoms with Crippen LogP contribution in [0, 0.1) is 0 Å². The number of aliphatic hydroxyl groups is 1. The Kier molecular flexibility index (Phi) is 7.47. The Morgan fingerprint density at radius 2 is 1.64 bits per heavy atom. The number of thiophene rings is 1. The maximum Gasteiger partial charge on any atom is 0.407 e. The van der Waals surface area contributed by atoms with E-state index < -0.39 is 30.1 Å². The molecular formula is C28H25NO6S. The third-order valence-electron chi connectivity index (χ3n) is 5.63. The highest BCUT2D eigenvalue weighted by atomic mass is 32.1. The molecule has 8 heteroatoms. The molecule has 7 nitrogen and oxygen atoms in total. The zero-order valence-electron chi connectivity index (χ0n) is 19.7. The van der Waals surface area contributed by atoms with Gasteiger partial charge in [0.2, 0.25) is 5.78 Å². The number of amides is 1. The average molecular weight is 504 g/mol. The van der Waals surface area contributed by atoms with E-state index >= 15 is 0 Å². The highest BCUT2D eigenvalue weighted by Crippen LogP contribution is 2.37. The van der Waals surface area contributed by atoms with Crippen molar-refractivity contribution in [1.82, 2.24) is 5.32 Å². The van der Waals surface area contributed by atoms with Gasteiger partial charge in [-0.1, -0.05) is 61.2 Å². The predicted molar refractivity (Wildman–Crippen MR) is 139 cm³/mol. The number of esters is 1. The minimum absolute atomic E-state index is 0.00420. The summed E-state index contributed by atoms with van der Waals surface area (Å²) < 4.78 is 12.3. The van der Waals surface area contributed by atoms with Gasteiger partial charge in [-0.05, 0) is 30.7 Å². The van der Waals surface area contributed by atoms with Crippen LogP contribution in [-0.2, 0) is 19.9 Å². The van der Waals surface area contributed by atoms with Crippen molar-refractivity contribution in [2.45, 2.75) is 12.5 Å². The molecule has 1 atom stereocenters. The van der Waals surface area contributed by atoms with Crippen LogP contribution < -0.4 is 5.32 Å². The summed E-state index contributed by atoms with van der Waals surface area (Å²) in [4.78, 5) is 37.2. The van der Waals surface area contributed by atoms with Crippen LogP contribution in [0.25, 0.3) is 20.2 Å². The van der Waals surface area contributed by atoms with Crippen molar-refractivity contribution < 1.29 is 29.0 Å². The summed E-state index contributed by atoms with van der Waals surface area (Å²) in [5.41, 5.74) is -1.28. The van der Waals surface area contributed by atoms with E-state index in [1.165, 1.54) is 6.92 Å². The second kappa shape index (κ2) is 10.7. The van der Waals surface area contributed by atoms with E-state index in [4.69, 9.17) is 9.47 Å². The Morgan fingerprint density at radius 1 is 0.944 bits per heavy atom. The van der Waals surface area contributed by atoms with Crippen LogP contribution in [0.5, 0.6) is 0 Å². The molecule has 4 rings (SSSR count). The second-order valence-electron chi connectivity index (χ2n) is 8.28. The Bertz CT molecular complexity index is 1440. The fraction of sp³-hybridized carbons (Fsp3) is 0.179. The second-order valence-corrected chi connectivity index (χ2v) is 9.37. The molecule has 2 N–H and O–H groups in total. The third kappa shape index (κ3) is 5.30. The zero-order valence-corrected chi connectivity index (χ0v) is 20.5. The number of Topliss-reactive ketones (excluding diaryl/α,β-unsaturated/α-hetero) is 1. The minimum atomic E-state index is -2.12. The summed E-state index contributed by atoms with van der Waals surface area (Å²) in [6, 6.07) is 21.6. The van der Waals surface area contributed by atoms with Gasteiger partial charge in [-0.25, -0.2) is 9.59 Å². The summed E-state index contributed by atoms with van der Waals surface area (Å²) in [7, 11) is 0. The van der Waals surface area contributed by atoms with Crippen molar-refractivity contribution in [3.63, 3.8) is 0 Å². The lowest BCUT2D eigenvalue weighted by atomic mass is 9.86. The van der Waals surface area contributed by atoms with E-state index in [2.05, 4.69) is 11.9 Å². The van der Waals surface area contributed by atoms with Crippen molar-refractivity contribution in [2.75, 3.05) is 19.8 Å². The number of hydrogen-bond acceptors (Lipinski definition) is 7. The van der Waals surface area contributed by atoms with Crippen LogP contribution in [-0.4, -0.2) is 42.7 Å². The van der Waals surface area contributed by atoms with Gasteiger partial charge in [0.05, 0.1) is 6.54 Å². The molecule has 0 aliphatic heterocycles. The molecule has 0 aliphatic carbocycles. The Balaban J connectivity index is 1.57. The van der Waals surface area contributed by atoms with Crippen LogP contribution in [0.3, 0.4) is 0 Å². The summed E-state index contributed by atoms with van der Waals surface area (Å²) in [6.07, 6.45) is -0.859. The van der Waals surface area contributed by atoms with E-state index in [-0.39, 0.29) is 24.3 Å². The smallest absolute Gasteiger partial charge is 0.407 e. The van der Waals surface area contributed by atoms with Crippen LogP contribution in [0.1, 0.15) is 22.8 Å². The minimum Gasteiger partial charge on any atom is -0.460 e. The molecule has 0 radical (unpaired) electrons. The molecule has 0 aliphatic rings. The number of ether oxygens (including phenoxy) is 2. The summed E-state index contributed by atoms with van der Waals surface area (Å²) in [6.45, 7) is 4.32. The van der Waals surface area contributed by atoms with Crippen LogP contribution >= 0.6 is 11.3 Å². The number of ketones is 1. The number of fused-ring (bicyclic) bond motifs is 3. The Morgan fingerprint density at radius 3 is 2.39 bits per heavy atom. The molecule has 4 aromatic rings. The average Bonchev–Trinajstić information content (AvgIpc) is 3.27. The lowest BCUT2D eigenvalue weighted by Crippen LogP contribution is -2.42. The fourth-order valence-electron chi connectivity index (χ4n) is 3.73. The molecule has 3 aromatic carbocycles. The molecule has 0 bridgehead atoms. The number of rotatable bonds is 9. The first-order valence-electron chi connectivity index (χ1n) is 11.3. The number of carbonyl (C=O) groups is 3. The molecule has 0 fully saturated rings. The molecule has 36 heavy (non-hydrogen) atoms. The van der Waals surface area contributed by atoms with Crippen LogP contribution in [0.2, 0.25) is 0 Å². The van der Waals surface area contributed by atoms with Gasteiger partial charge in [0.15, 0.2) is 5.60 Å². The van der Waals surface area contributed by atoms with E-state index in [1.807, 2.05) is 30.3 Å². The van der Waals surface area contributed by atoms with Gasteiger partial charge in [-0.3, -0.25) is 4.79 Å². The first kappa shape index (κ1) is 25.1. The van der Waals surface area contributed by atoms with Gasteiger partial charge in [-0.2, -0.15) is 0 Å². The first-order valence-corrected chi connectivity index (χ1v) is 12.1. The van der Waals surface area contributed by atoms with Crippen molar-refractivity contribution in [3.05, 3.63) is 96.1 Å². The lowest BCUT2D eigenvalue weighted by Gasteiger charge is -2.27. The van der Waals surface area contributed by atoms with Crippen molar-refractivity contribution >= 4 is 49.4 Å². The molecule has 1 aromatic heterocycles. The van der Waals surface area contributed by atoms with E-state index in [1.54, 1.807) is 53.8 Å². The largest absolute Gasteiger partial charge is 0.460 e. The number of carbonyl (C=O) groups excluding carboxylic acids is 3. The number of alkyl carbamates (subject to hydrolysis) is 1. The monoisotopic (exact) mass is 503 g/mol. The highest BCUT2D eigenvalue weighted by molar-refractivity contribution is 7.25. The Labute approximate surface area is 212 Å². The van der Waals surface area contributed by atoms with Crippen molar-refractivity contribution in [2.24, 2.45) is 0 Å². The molecule has 1 unspecified atom stereocenters. The molecular weight excluding hydrogens is 478 g/mol. The number of hydrogen-bond donors (Lipinski definition) is 2.